The lowest BCUT2D eigenvalue weighted by Gasteiger charge is -2.28. The predicted molar refractivity (Wildman–Crippen MR) is 71.9 cm³/mol. The first kappa shape index (κ1) is 13.5. The first-order valence-electron chi connectivity index (χ1n) is 6.83. The minimum Gasteiger partial charge on any atom is -0.395 e. The molecule has 4 heteroatoms. The van der Waals surface area contributed by atoms with E-state index in [1.165, 1.54) is 24.8 Å². The van der Waals surface area contributed by atoms with Crippen LogP contribution in [0.2, 0.25) is 0 Å². The summed E-state index contributed by atoms with van der Waals surface area (Å²) < 4.78 is 0. The monoisotopic (exact) mass is 249 g/mol. The average Bonchev–Trinajstić information content (AvgIpc) is 2.64. The second-order valence-corrected chi connectivity index (χ2v) is 4.97. The summed E-state index contributed by atoms with van der Waals surface area (Å²) >= 11 is 0. The van der Waals surface area contributed by atoms with Crippen molar-refractivity contribution in [1.82, 2.24) is 9.88 Å². The van der Waals surface area contributed by atoms with Gasteiger partial charge in [0.05, 0.1) is 12.3 Å². The van der Waals surface area contributed by atoms with Crippen molar-refractivity contribution >= 4 is 0 Å². The number of hydrogen-bond donors (Lipinski definition) is 2. The lowest BCUT2D eigenvalue weighted by molar-refractivity contribution is 0.118. The Labute approximate surface area is 109 Å². The quantitative estimate of drug-likeness (QED) is 0.843. The molecule has 4 nitrogen and oxygen atoms in total. The number of nitrogens with zero attached hydrogens (tertiary/aromatic N) is 2. The van der Waals surface area contributed by atoms with E-state index < -0.39 is 0 Å². The Morgan fingerprint density at radius 2 is 2.28 bits per heavy atom. The first-order chi connectivity index (χ1) is 8.85. The lowest BCUT2D eigenvalue weighted by Crippen LogP contribution is -2.37. The standard InChI is InChI=1S/C14H23N3O/c15-9-14-12(5-4-7-16-14)10-17-8-3-1-2-6-13(17)11-18/h4-5,7,13,18H,1-3,6,8-11,15H2. The van der Waals surface area contributed by atoms with Crippen molar-refractivity contribution in [2.45, 2.75) is 44.8 Å². The molecule has 1 aliphatic heterocycles. The Morgan fingerprint density at radius 3 is 3.06 bits per heavy atom. The Morgan fingerprint density at radius 1 is 1.39 bits per heavy atom. The van der Waals surface area contributed by atoms with Crippen molar-refractivity contribution in [3.8, 4) is 0 Å². The molecule has 0 radical (unpaired) electrons. The number of aromatic nitrogens is 1. The third-order valence-corrected chi connectivity index (χ3v) is 3.76. The van der Waals surface area contributed by atoms with E-state index in [2.05, 4.69) is 16.0 Å². The zero-order valence-electron chi connectivity index (χ0n) is 10.9. The molecule has 1 unspecified atom stereocenters. The van der Waals surface area contributed by atoms with Crippen LogP contribution in [0.5, 0.6) is 0 Å². The molecule has 0 amide bonds. The van der Waals surface area contributed by atoms with Crippen LogP contribution in [0.1, 0.15) is 36.9 Å². The predicted octanol–water partition coefficient (Wildman–Crippen LogP) is 1.28. The van der Waals surface area contributed by atoms with E-state index in [0.29, 0.717) is 12.6 Å². The summed E-state index contributed by atoms with van der Waals surface area (Å²) in [7, 11) is 0. The Hall–Kier alpha value is -0.970. The molecule has 0 bridgehead atoms. The molecule has 1 atom stereocenters. The molecule has 1 fully saturated rings. The Balaban J connectivity index is 2.10. The molecule has 2 rings (SSSR count). The van der Waals surface area contributed by atoms with Gasteiger partial charge in [-0.15, -0.1) is 0 Å². The highest BCUT2D eigenvalue weighted by Crippen LogP contribution is 2.19. The summed E-state index contributed by atoms with van der Waals surface area (Å²) in [5.41, 5.74) is 7.89. The van der Waals surface area contributed by atoms with E-state index in [1.54, 1.807) is 6.20 Å². The number of aliphatic hydroxyl groups excluding tert-OH is 1. The molecule has 3 N–H and O–H groups in total. The highest BCUT2D eigenvalue weighted by molar-refractivity contribution is 5.19. The summed E-state index contributed by atoms with van der Waals surface area (Å²) in [6.07, 6.45) is 6.59. The van der Waals surface area contributed by atoms with Crippen molar-refractivity contribution in [1.29, 1.82) is 0 Å². The molecule has 1 aromatic rings. The number of likely N-dealkylation sites (tertiary alicyclic amines) is 1. The molecule has 0 aliphatic carbocycles. The van der Waals surface area contributed by atoms with E-state index in [4.69, 9.17) is 5.73 Å². The maximum absolute atomic E-state index is 9.51. The van der Waals surface area contributed by atoms with Gasteiger partial charge >= 0.3 is 0 Å². The molecule has 0 spiro atoms. The fourth-order valence-electron chi connectivity index (χ4n) is 2.67. The molecular formula is C14H23N3O. The lowest BCUT2D eigenvalue weighted by atomic mass is 10.1. The van der Waals surface area contributed by atoms with Gasteiger partial charge in [-0.1, -0.05) is 18.9 Å². The van der Waals surface area contributed by atoms with Crippen molar-refractivity contribution in [2.75, 3.05) is 13.2 Å². The van der Waals surface area contributed by atoms with Gasteiger partial charge in [0, 0.05) is 25.3 Å². The zero-order chi connectivity index (χ0) is 12.8. The smallest absolute Gasteiger partial charge is 0.0586 e. The fourth-order valence-corrected chi connectivity index (χ4v) is 2.67. The van der Waals surface area contributed by atoms with Gasteiger partial charge in [0.2, 0.25) is 0 Å². The summed E-state index contributed by atoms with van der Waals surface area (Å²) in [5, 5.41) is 9.51. The molecule has 2 heterocycles. The van der Waals surface area contributed by atoms with Crippen LogP contribution in [-0.2, 0) is 13.1 Å². The molecule has 1 saturated heterocycles. The summed E-state index contributed by atoms with van der Waals surface area (Å²) in [6, 6.07) is 4.34. The molecule has 1 aromatic heterocycles. The van der Waals surface area contributed by atoms with Gasteiger partial charge < -0.3 is 10.8 Å². The summed E-state index contributed by atoms with van der Waals surface area (Å²) in [4.78, 5) is 6.70. The Bertz CT molecular complexity index is 370. The Kier molecular flexibility index (Phi) is 5.11. The maximum atomic E-state index is 9.51. The molecule has 0 saturated carbocycles. The fraction of sp³-hybridized carbons (Fsp3) is 0.643. The van der Waals surface area contributed by atoms with E-state index in [1.807, 2.05) is 6.07 Å². The number of pyridine rings is 1. The summed E-state index contributed by atoms with van der Waals surface area (Å²) in [5.74, 6) is 0. The number of aliphatic hydroxyl groups is 1. The molecule has 0 aromatic carbocycles. The van der Waals surface area contributed by atoms with Crippen molar-refractivity contribution < 1.29 is 5.11 Å². The largest absolute Gasteiger partial charge is 0.395 e. The molecular weight excluding hydrogens is 226 g/mol. The number of rotatable bonds is 4. The van der Waals surface area contributed by atoms with Crippen LogP contribution in [0.15, 0.2) is 18.3 Å². The normalized spacial score (nSPS) is 21.8. The summed E-state index contributed by atoms with van der Waals surface area (Å²) in [6.45, 7) is 2.64. The third kappa shape index (κ3) is 3.28. The van der Waals surface area contributed by atoms with Gasteiger partial charge in [-0.2, -0.15) is 0 Å². The SMILES string of the molecule is NCc1ncccc1CN1CCCCCC1CO. The zero-order valence-corrected chi connectivity index (χ0v) is 10.9. The second-order valence-electron chi connectivity index (χ2n) is 4.97. The van der Waals surface area contributed by atoms with Gasteiger partial charge in [0.25, 0.3) is 0 Å². The maximum Gasteiger partial charge on any atom is 0.0586 e. The number of hydrogen-bond acceptors (Lipinski definition) is 4. The molecule has 18 heavy (non-hydrogen) atoms. The van der Waals surface area contributed by atoms with Crippen LogP contribution < -0.4 is 5.73 Å². The van der Waals surface area contributed by atoms with Crippen molar-refractivity contribution in [2.24, 2.45) is 5.73 Å². The first-order valence-corrected chi connectivity index (χ1v) is 6.83. The van der Waals surface area contributed by atoms with E-state index >= 15 is 0 Å². The average molecular weight is 249 g/mol. The third-order valence-electron chi connectivity index (χ3n) is 3.76. The van der Waals surface area contributed by atoms with Crippen molar-refractivity contribution in [3.05, 3.63) is 29.6 Å². The minimum absolute atomic E-state index is 0.248. The van der Waals surface area contributed by atoms with Gasteiger partial charge in [-0.05, 0) is 31.0 Å². The van der Waals surface area contributed by atoms with Crippen LogP contribution in [0.25, 0.3) is 0 Å². The van der Waals surface area contributed by atoms with Gasteiger partial charge in [0.1, 0.15) is 0 Å². The number of nitrogens with two attached hydrogens (primary N) is 1. The molecule has 1 aliphatic rings. The van der Waals surface area contributed by atoms with Crippen LogP contribution in [0.3, 0.4) is 0 Å². The van der Waals surface area contributed by atoms with E-state index in [9.17, 15) is 5.11 Å². The van der Waals surface area contributed by atoms with Crippen LogP contribution in [-0.4, -0.2) is 34.2 Å². The topological polar surface area (TPSA) is 62.4 Å². The van der Waals surface area contributed by atoms with Gasteiger partial charge in [0.15, 0.2) is 0 Å². The van der Waals surface area contributed by atoms with Crippen LogP contribution >= 0.6 is 0 Å². The molecule has 100 valence electrons. The van der Waals surface area contributed by atoms with Crippen LogP contribution in [0.4, 0.5) is 0 Å². The van der Waals surface area contributed by atoms with Crippen LogP contribution in [0, 0.1) is 0 Å². The van der Waals surface area contributed by atoms with Gasteiger partial charge in [-0.3, -0.25) is 9.88 Å². The van der Waals surface area contributed by atoms with E-state index in [-0.39, 0.29) is 6.61 Å². The van der Waals surface area contributed by atoms with E-state index in [0.717, 1.165) is 25.2 Å². The highest BCUT2D eigenvalue weighted by atomic mass is 16.3. The second kappa shape index (κ2) is 6.83. The van der Waals surface area contributed by atoms with Crippen molar-refractivity contribution in [3.63, 3.8) is 0 Å². The minimum atomic E-state index is 0.248. The van der Waals surface area contributed by atoms with Gasteiger partial charge in [-0.25, -0.2) is 0 Å². The highest BCUT2D eigenvalue weighted by Gasteiger charge is 2.21.